The largest absolute Gasteiger partial charge is 0.246 e. The molecule has 0 saturated carbocycles. The first-order valence-electron chi connectivity index (χ1n) is 5.06. The molecule has 4 nitrogen and oxygen atoms in total. The van der Waals surface area contributed by atoms with Crippen molar-refractivity contribution >= 4 is 0 Å². The normalized spacial score (nSPS) is 10.1. The summed E-state index contributed by atoms with van der Waals surface area (Å²) >= 11 is 0. The molecule has 2 aromatic rings. The summed E-state index contributed by atoms with van der Waals surface area (Å²) in [5.74, 6) is 1.69. The van der Waals surface area contributed by atoms with Crippen LogP contribution >= 0.6 is 0 Å². The maximum Gasteiger partial charge on any atom is 0.147 e. The van der Waals surface area contributed by atoms with Crippen molar-refractivity contribution in [1.29, 1.82) is 5.26 Å². The highest BCUT2D eigenvalue weighted by Crippen LogP contribution is 2.06. The second-order valence-electron chi connectivity index (χ2n) is 3.67. The highest BCUT2D eigenvalue weighted by atomic mass is 15.3. The van der Waals surface area contributed by atoms with Crippen molar-refractivity contribution in [3.8, 4) is 6.07 Å². The topological polar surface area (TPSA) is 54.5 Å². The van der Waals surface area contributed by atoms with Crippen molar-refractivity contribution in [2.75, 3.05) is 0 Å². The molecule has 16 heavy (non-hydrogen) atoms. The van der Waals surface area contributed by atoms with Gasteiger partial charge in [0.1, 0.15) is 11.6 Å². The first-order valence-corrected chi connectivity index (χ1v) is 5.06. The van der Waals surface area contributed by atoms with Crippen LogP contribution in [0.3, 0.4) is 0 Å². The SMILES string of the molecule is Cc1nc(C)n(Cc2ccc(C#N)cc2)n1. The number of aryl methyl sites for hydroxylation is 2. The maximum atomic E-state index is 8.69. The van der Waals surface area contributed by atoms with E-state index in [0.29, 0.717) is 12.1 Å². The summed E-state index contributed by atoms with van der Waals surface area (Å²) in [6, 6.07) is 9.61. The van der Waals surface area contributed by atoms with Gasteiger partial charge in [-0.1, -0.05) is 12.1 Å². The molecule has 0 bridgehead atoms. The number of rotatable bonds is 2. The van der Waals surface area contributed by atoms with Crippen molar-refractivity contribution in [2.45, 2.75) is 20.4 Å². The lowest BCUT2D eigenvalue weighted by atomic mass is 10.1. The van der Waals surface area contributed by atoms with E-state index in [-0.39, 0.29) is 0 Å². The molecule has 0 aliphatic carbocycles. The maximum absolute atomic E-state index is 8.69. The van der Waals surface area contributed by atoms with Crippen LogP contribution in [0.25, 0.3) is 0 Å². The number of hydrogen-bond acceptors (Lipinski definition) is 3. The fraction of sp³-hybridized carbons (Fsp3) is 0.250. The molecule has 0 atom stereocenters. The van der Waals surface area contributed by atoms with Crippen molar-refractivity contribution in [3.05, 3.63) is 47.0 Å². The lowest BCUT2D eigenvalue weighted by Crippen LogP contribution is -2.04. The van der Waals surface area contributed by atoms with Gasteiger partial charge < -0.3 is 0 Å². The lowest BCUT2D eigenvalue weighted by molar-refractivity contribution is 0.656. The van der Waals surface area contributed by atoms with Crippen molar-refractivity contribution < 1.29 is 0 Å². The van der Waals surface area contributed by atoms with Gasteiger partial charge in [0.15, 0.2) is 0 Å². The van der Waals surface area contributed by atoms with Crippen LogP contribution in [-0.4, -0.2) is 14.8 Å². The van der Waals surface area contributed by atoms with E-state index in [1.165, 1.54) is 0 Å². The Hall–Kier alpha value is -2.15. The summed E-state index contributed by atoms with van der Waals surface area (Å²) in [6.45, 7) is 4.50. The number of nitrogens with zero attached hydrogens (tertiary/aromatic N) is 4. The zero-order chi connectivity index (χ0) is 11.5. The van der Waals surface area contributed by atoms with Gasteiger partial charge in [-0.2, -0.15) is 10.4 Å². The standard InChI is InChI=1S/C12H12N4/c1-9-14-10(2)16(15-9)8-12-5-3-11(7-13)4-6-12/h3-6H,8H2,1-2H3. The van der Waals surface area contributed by atoms with Gasteiger partial charge >= 0.3 is 0 Å². The summed E-state index contributed by atoms with van der Waals surface area (Å²) in [6.07, 6.45) is 0. The molecule has 0 saturated heterocycles. The van der Waals surface area contributed by atoms with E-state index in [0.717, 1.165) is 17.2 Å². The number of nitriles is 1. The summed E-state index contributed by atoms with van der Waals surface area (Å²) in [5.41, 5.74) is 1.79. The lowest BCUT2D eigenvalue weighted by Gasteiger charge is -2.02. The predicted molar refractivity (Wildman–Crippen MR) is 59.8 cm³/mol. The molecule has 0 aliphatic rings. The summed E-state index contributed by atoms with van der Waals surface area (Å²) < 4.78 is 1.86. The molecule has 4 heteroatoms. The average molecular weight is 212 g/mol. The van der Waals surface area contributed by atoms with Gasteiger partial charge in [0, 0.05) is 0 Å². The quantitative estimate of drug-likeness (QED) is 0.762. The van der Waals surface area contributed by atoms with E-state index in [1.54, 1.807) is 0 Å². The van der Waals surface area contributed by atoms with Crippen molar-refractivity contribution in [3.63, 3.8) is 0 Å². The number of hydrogen-bond donors (Lipinski definition) is 0. The van der Waals surface area contributed by atoms with Crippen LogP contribution in [0.2, 0.25) is 0 Å². The highest BCUT2D eigenvalue weighted by molar-refractivity contribution is 5.31. The van der Waals surface area contributed by atoms with Gasteiger partial charge in [0.25, 0.3) is 0 Å². The molecule has 0 amide bonds. The Labute approximate surface area is 94.2 Å². The average Bonchev–Trinajstić information content (AvgIpc) is 2.59. The Kier molecular flexibility index (Phi) is 2.69. The third-order valence-electron chi connectivity index (χ3n) is 2.38. The third-order valence-corrected chi connectivity index (χ3v) is 2.38. The second-order valence-corrected chi connectivity index (χ2v) is 3.67. The van der Waals surface area contributed by atoms with Gasteiger partial charge in [0.05, 0.1) is 18.2 Å². The minimum atomic E-state index is 0.676. The van der Waals surface area contributed by atoms with E-state index < -0.39 is 0 Å². The molecule has 0 unspecified atom stereocenters. The van der Waals surface area contributed by atoms with Crippen LogP contribution in [0.5, 0.6) is 0 Å². The minimum absolute atomic E-state index is 0.676. The highest BCUT2D eigenvalue weighted by Gasteiger charge is 2.03. The second kappa shape index (κ2) is 4.15. The van der Waals surface area contributed by atoms with Crippen LogP contribution in [0.4, 0.5) is 0 Å². The van der Waals surface area contributed by atoms with Crippen LogP contribution in [0, 0.1) is 25.2 Å². The van der Waals surface area contributed by atoms with Crippen molar-refractivity contribution in [2.24, 2.45) is 0 Å². The van der Waals surface area contributed by atoms with E-state index in [4.69, 9.17) is 5.26 Å². The molecule has 1 aromatic heterocycles. The molecule has 0 aliphatic heterocycles. The Morgan fingerprint density at radius 3 is 2.44 bits per heavy atom. The van der Waals surface area contributed by atoms with Crippen molar-refractivity contribution in [1.82, 2.24) is 14.8 Å². The van der Waals surface area contributed by atoms with Crippen LogP contribution in [0.1, 0.15) is 22.8 Å². The van der Waals surface area contributed by atoms with Gasteiger partial charge in [-0.25, -0.2) is 9.67 Å². The van der Waals surface area contributed by atoms with E-state index >= 15 is 0 Å². The van der Waals surface area contributed by atoms with Crippen LogP contribution in [0.15, 0.2) is 24.3 Å². The minimum Gasteiger partial charge on any atom is -0.246 e. The molecule has 0 spiro atoms. The van der Waals surface area contributed by atoms with Gasteiger partial charge in [-0.3, -0.25) is 0 Å². The monoisotopic (exact) mass is 212 g/mol. The summed E-state index contributed by atoms with van der Waals surface area (Å²) in [4.78, 5) is 4.24. The number of aromatic nitrogens is 3. The van der Waals surface area contributed by atoms with Gasteiger partial charge in [-0.05, 0) is 31.5 Å². The molecule has 0 N–H and O–H groups in total. The molecule has 1 heterocycles. The molecule has 0 radical (unpaired) electrons. The number of benzene rings is 1. The Balaban J connectivity index is 2.21. The molecule has 80 valence electrons. The van der Waals surface area contributed by atoms with E-state index in [9.17, 15) is 0 Å². The Morgan fingerprint density at radius 2 is 1.94 bits per heavy atom. The van der Waals surface area contributed by atoms with Crippen LogP contribution in [-0.2, 0) is 6.54 Å². The van der Waals surface area contributed by atoms with Gasteiger partial charge in [0.2, 0.25) is 0 Å². The molecule has 0 fully saturated rings. The van der Waals surface area contributed by atoms with Crippen LogP contribution < -0.4 is 0 Å². The molecule has 1 aromatic carbocycles. The summed E-state index contributed by atoms with van der Waals surface area (Å²) in [5, 5.41) is 13.0. The summed E-state index contributed by atoms with van der Waals surface area (Å²) in [7, 11) is 0. The fourth-order valence-corrected chi connectivity index (χ4v) is 1.57. The Bertz CT molecular complexity index is 531. The fourth-order valence-electron chi connectivity index (χ4n) is 1.57. The zero-order valence-electron chi connectivity index (χ0n) is 9.31. The zero-order valence-corrected chi connectivity index (χ0v) is 9.31. The molecular weight excluding hydrogens is 200 g/mol. The molecular formula is C12H12N4. The Morgan fingerprint density at radius 1 is 1.25 bits per heavy atom. The predicted octanol–water partition coefficient (Wildman–Crippen LogP) is 1.81. The first kappa shape index (κ1) is 10.4. The van der Waals surface area contributed by atoms with Gasteiger partial charge in [-0.15, -0.1) is 0 Å². The first-order chi connectivity index (χ1) is 7.69. The smallest absolute Gasteiger partial charge is 0.147 e. The van der Waals surface area contributed by atoms with E-state index in [1.807, 2.05) is 42.8 Å². The third kappa shape index (κ3) is 2.09. The molecule has 2 rings (SSSR count). The van der Waals surface area contributed by atoms with E-state index in [2.05, 4.69) is 16.2 Å².